The topological polar surface area (TPSA) is 100 Å². The number of rotatable bonds is 6. The van der Waals surface area contributed by atoms with E-state index in [-0.39, 0.29) is 0 Å². The van der Waals surface area contributed by atoms with Crippen LogP contribution in [-0.2, 0) is 22.4 Å². The average Bonchev–Trinajstić information content (AvgIpc) is 2.56. The fourth-order valence-corrected chi connectivity index (χ4v) is 2.06. The molecule has 0 aromatic carbocycles. The molecule has 0 aliphatic heterocycles. The number of carboxylic acid groups (broad SMARTS) is 2. The average molecular weight is 358 g/mol. The van der Waals surface area contributed by atoms with Crippen LogP contribution < -0.4 is 0 Å². The summed E-state index contributed by atoms with van der Waals surface area (Å²) in [5, 5.41) is 17.7. The van der Waals surface area contributed by atoms with Crippen LogP contribution in [0.2, 0.25) is 0 Å². The van der Waals surface area contributed by atoms with Crippen LogP contribution in [0.4, 0.5) is 0 Å². The van der Waals surface area contributed by atoms with Gasteiger partial charge < -0.3 is 10.2 Å². The molecule has 0 amide bonds. The van der Waals surface area contributed by atoms with Crippen molar-refractivity contribution >= 4 is 11.9 Å². The van der Waals surface area contributed by atoms with Crippen LogP contribution in [0.3, 0.4) is 0 Å². The molecule has 0 fully saturated rings. The number of nitrogens with zero attached hydrogens (tertiary/aromatic N) is 2. The molecule has 0 aliphatic rings. The van der Waals surface area contributed by atoms with Crippen molar-refractivity contribution in [2.45, 2.75) is 40.5 Å². The van der Waals surface area contributed by atoms with Crippen molar-refractivity contribution in [2.24, 2.45) is 10.8 Å². The maximum atomic E-state index is 10.8. The van der Waals surface area contributed by atoms with Crippen LogP contribution in [0.1, 0.15) is 39.1 Å². The Morgan fingerprint density at radius 1 is 0.769 bits per heavy atom. The Bertz CT molecular complexity index is 650. The largest absolute Gasteiger partial charge is 0.481 e. The van der Waals surface area contributed by atoms with Crippen LogP contribution in [0.15, 0.2) is 48.8 Å². The lowest BCUT2D eigenvalue weighted by Crippen LogP contribution is -2.26. The number of aromatic nitrogens is 2. The Balaban J connectivity index is 0.000000260. The summed E-state index contributed by atoms with van der Waals surface area (Å²) in [4.78, 5) is 29.8. The van der Waals surface area contributed by atoms with Crippen molar-refractivity contribution in [3.05, 3.63) is 60.2 Å². The fraction of sp³-hybridized carbons (Fsp3) is 0.400. The van der Waals surface area contributed by atoms with Gasteiger partial charge in [-0.2, -0.15) is 0 Å². The second-order valence-corrected chi connectivity index (χ2v) is 7.37. The van der Waals surface area contributed by atoms with Crippen molar-refractivity contribution in [1.82, 2.24) is 9.97 Å². The summed E-state index contributed by atoms with van der Waals surface area (Å²) in [5.74, 6) is -1.59. The molecule has 2 rings (SSSR count). The molecule has 0 bridgehead atoms. The number of carboxylic acids is 2. The van der Waals surface area contributed by atoms with E-state index in [4.69, 9.17) is 10.2 Å². The fourth-order valence-electron chi connectivity index (χ4n) is 2.06. The number of aliphatic carboxylic acids is 2. The molecule has 2 heterocycles. The van der Waals surface area contributed by atoms with Crippen molar-refractivity contribution in [1.29, 1.82) is 0 Å². The zero-order chi connectivity index (χ0) is 19.8. The summed E-state index contributed by atoms with van der Waals surface area (Å²) in [7, 11) is 0. The van der Waals surface area contributed by atoms with E-state index in [1.165, 1.54) is 0 Å². The van der Waals surface area contributed by atoms with Gasteiger partial charge in [-0.15, -0.1) is 0 Å². The Labute approximate surface area is 153 Å². The molecule has 0 spiro atoms. The van der Waals surface area contributed by atoms with Crippen molar-refractivity contribution < 1.29 is 19.8 Å². The van der Waals surface area contributed by atoms with E-state index in [9.17, 15) is 9.59 Å². The van der Waals surface area contributed by atoms with Gasteiger partial charge in [-0.25, -0.2) is 0 Å². The molecule has 2 aromatic rings. The van der Waals surface area contributed by atoms with Crippen molar-refractivity contribution in [2.75, 3.05) is 0 Å². The van der Waals surface area contributed by atoms with Gasteiger partial charge in [-0.1, -0.05) is 12.1 Å². The van der Waals surface area contributed by atoms with E-state index in [2.05, 4.69) is 9.97 Å². The Morgan fingerprint density at radius 2 is 1.12 bits per heavy atom. The molecule has 0 atom stereocenters. The maximum absolute atomic E-state index is 10.8. The monoisotopic (exact) mass is 358 g/mol. The molecule has 0 aliphatic carbocycles. The van der Waals surface area contributed by atoms with Gasteiger partial charge in [0.25, 0.3) is 0 Å². The lowest BCUT2D eigenvalue weighted by atomic mass is 9.88. The highest BCUT2D eigenvalue weighted by Gasteiger charge is 2.28. The van der Waals surface area contributed by atoms with E-state index < -0.39 is 22.8 Å². The molecule has 0 radical (unpaired) electrons. The first-order valence-corrected chi connectivity index (χ1v) is 8.31. The third kappa shape index (κ3) is 7.01. The molecular formula is C20H26N2O4. The SMILES string of the molecule is CC(C)(Cc1ccccn1)C(=O)O.CC(C)(Cc1ccccn1)C(=O)O. The zero-order valence-electron chi connectivity index (χ0n) is 15.6. The highest BCUT2D eigenvalue weighted by Crippen LogP contribution is 2.21. The molecule has 0 unspecified atom stereocenters. The van der Waals surface area contributed by atoms with E-state index in [1.807, 2.05) is 36.4 Å². The van der Waals surface area contributed by atoms with Crippen LogP contribution in [0.25, 0.3) is 0 Å². The molecule has 6 heteroatoms. The standard InChI is InChI=1S/2C10H13NO2/c2*1-10(2,9(12)13)7-8-5-3-4-6-11-8/h2*3-6H,7H2,1-2H3,(H,12,13). The van der Waals surface area contributed by atoms with E-state index >= 15 is 0 Å². The van der Waals surface area contributed by atoms with E-state index in [1.54, 1.807) is 40.1 Å². The van der Waals surface area contributed by atoms with Crippen molar-refractivity contribution in [3.8, 4) is 0 Å². The predicted molar refractivity (Wildman–Crippen MR) is 98.7 cm³/mol. The van der Waals surface area contributed by atoms with Gasteiger partial charge in [-0.05, 0) is 52.0 Å². The van der Waals surface area contributed by atoms with Gasteiger partial charge in [-0.3, -0.25) is 19.6 Å². The molecule has 2 N–H and O–H groups in total. The first-order valence-electron chi connectivity index (χ1n) is 8.31. The highest BCUT2D eigenvalue weighted by molar-refractivity contribution is 5.74. The lowest BCUT2D eigenvalue weighted by Gasteiger charge is -2.17. The van der Waals surface area contributed by atoms with Crippen molar-refractivity contribution in [3.63, 3.8) is 0 Å². The third-order valence-corrected chi connectivity index (χ3v) is 3.86. The summed E-state index contributed by atoms with van der Waals surface area (Å²) in [6.07, 6.45) is 4.27. The Morgan fingerprint density at radius 3 is 1.35 bits per heavy atom. The number of hydrogen-bond donors (Lipinski definition) is 2. The van der Waals surface area contributed by atoms with Gasteiger partial charge in [0.2, 0.25) is 0 Å². The lowest BCUT2D eigenvalue weighted by molar-refractivity contribution is -0.147. The minimum absolute atomic E-state index is 0.461. The predicted octanol–water partition coefficient (Wildman–Crippen LogP) is 3.47. The second kappa shape index (κ2) is 9.08. The molecule has 26 heavy (non-hydrogen) atoms. The first kappa shape index (κ1) is 21.3. The third-order valence-electron chi connectivity index (χ3n) is 3.86. The number of hydrogen-bond acceptors (Lipinski definition) is 4. The minimum Gasteiger partial charge on any atom is -0.481 e. The van der Waals surface area contributed by atoms with Crippen LogP contribution in [-0.4, -0.2) is 32.1 Å². The zero-order valence-corrected chi connectivity index (χ0v) is 15.6. The first-order chi connectivity index (χ1) is 12.0. The van der Waals surface area contributed by atoms with E-state index in [0.717, 1.165) is 11.4 Å². The van der Waals surface area contributed by atoms with Crippen LogP contribution in [0.5, 0.6) is 0 Å². The smallest absolute Gasteiger partial charge is 0.309 e. The van der Waals surface area contributed by atoms with Gasteiger partial charge in [0, 0.05) is 36.6 Å². The van der Waals surface area contributed by atoms with Gasteiger partial charge >= 0.3 is 11.9 Å². The minimum atomic E-state index is -0.793. The molecule has 2 aromatic heterocycles. The molecular weight excluding hydrogens is 332 g/mol. The summed E-state index contributed by atoms with van der Waals surface area (Å²) in [6, 6.07) is 11.0. The summed E-state index contributed by atoms with van der Waals surface area (Å²) >= 11 is 0. The summed E-state index contributed by atoms with van der Waals surface area (Å²) in [6.45, 7) is 6.79. The molecule has 6 nitrogen and oxygen atoms in total. The second-order valence-electron chi connectivity index (χ2n) is 7.37. The number of carbonyl (C=O) groups is 2. The van der Waals surface area contributed by atoms with Crippen LogP contribution in [0, 0.1) is 10.8 Å². The molecule has 140 valence electrons. The number of pyridine rings is 2. The Kier molecular flexibility index (Phi) is 7.43. The highest BCUT2D eigenvalue weighted by atomic mass is 16.4. The summed E-state index contributed by atoms with van der Waals surface area (Å²) in [5.41, 5.74) is 0.146. The van der Waals surface area contributed by atoms with Gasteiger partial charge in [0.05, 0.1) is 10.8 Å². The maximum Gasteiger partial charge on any atom is 0.309 e. The summed E-state index contributed by atoms with van der Waals surface area (Å²) < 4.78 is 0. The molecule has 0 saturated heterocycles. The Hall–Kier alpha value is -2.76. The van der Waals surface area contributed by atoms with Crippen LogP contribution >= 0.6 is 0 Å². The molecule has 0 saturated carbocycles. The van der Waals surface area contributed by atoms with Gasteiger partial charge in [0.1, 0.15) is 0 Å². The van der Waals surface area contributed by atoms with Gasteiger partial charge in [0.15, 0.2) is 0 Å². The normalized spacial score (nSPS) is 11.2. The quantitative estimate of drug-likeness (QED) is 0.820. The van der Waals surface area contributed by atoms with E-state index in [0.29, 0.717) is 12.8 Å².